The van der Waals surface area contributed by atoms with Gasteiger partial charge in [-0.2, -0.15) is 4.57 Å². The van der Waals surface area contributed by atoms with E-state index in [2.05, 4.69) is 10.3 Å². The van der Waals surface area contributed by atoms with Crippen molar-refractivity contribution in [3.8, 4) is 11.4 Å². The van der Waals surface area contributed by atoms with Crippen molar-refractivity contribution in [2.24, 2.45) is 0 Å². The number of para-hydroxylation sites is 1. The Hall–Kier alpha value is -3.97. The quantitative estimate of drug-likeness (QED) is 0.361. The first-order chi connectivity index (χ1) is 15.6. The third-order valence-corrected chi connectivity index (χ3v) is 5.92. The van der Waals surface area contributed by atoms with Crippen molar-refractivity contribution < 1.29 is 35.9 Å². The fourth-order valence-electron chi connectivity index (χ4n) is 4.39. The van der Waals surface area contributed by atoms with Gasteiger partial charge in [-0.05, 0) is 36.4 Å². The summed E-state index contributed by atoms with van der Waals surface area (Å²) in [7, 11) is 1.59. The molecule has 7 heteroatoms. The van der Waals surface area contributed by atoms with Crippen molar-refractivity contribution in [3.63, 3.8) is 0 Å². The number of methoxy groups -OCH3 is 1. The van der Waals surface area contributed by atoms with Gasteiger partial charge >= 0.3 is 0 Å². The number of hydrogen-bond donors (Lipinski definition) is 2. The van der Waals surface area contributed by atoms with Crippen LogP contribution in [0, 0.1) is 0 Å². The SMILES string of the molecule is COc1cccc(NC(=O)c2ccc3[nH]c4c5[n+](ccc4c3c2)-c2ccccc2C5=O)c1.[Br-]. The molecular formula is C26H18BrN3O3. The average molecular weight is 500 g/mol. The van der Waals surface area contributed by atoms with E-state index in [9.17, 15) is 9.59 Å². The van der Waals surface area contributed by atoms with Gasteiger partial charge in [0.2, 0.25) is 5.69 Å². The Morgan fingerprint density at radius 1 is 0.970 bits per heavy atom. The molecule has 0 atom stereocenters. The standard InChI is InChI=1S/C26H17N3O3.BrH/c1-32-17-6-4-5-16(14-17)27-26(31)15-9-10-21-20(13-15)18-11-12-29-22-8-3-2-7-19(22)25(30)24(29)23(18)28-21;/h2-14H,1H3,(H,27,31);1H. The molecule has 0 radical (unpaired) electrons. The number of anilines is 1. The number of nitrogens with zero attached hydrogens (tertiary/aromatic N) is 1. The zero-order chi connectivity index (χ0) is 21.8. The van der Waals surface area contributed by atoms with Crippen molar-refractivity contribution in [2.45, 2.75) is 0 Å². The van der Waals surface area contributed by atoms with Gasteiger partial charge in [-0.3, -0.25) is 9.59 Å². The molecule has 0 aliphatic carbocycles. The molecule has 0 unspecified atom stereocenters. The molecule has 0 spiro atoms. The number of H-pyrrole nitrogens is 1. The number of fused-ring (bicyclic) bond motifs is 7. The lowest BCUT2D eigenvalue weighted by Crippen LogP contribution is -3.00. The normalized spacial score (nSPS) is 11.7. The van der Waals surface area contributed by atoms with Crippen LogP contribution in [0.3, 0.4) is 0 Å². The molecule has 2 N–H and O–H groups in total. The summed E-state index contributed by atoms with van der Waals surface area (Å²) in [5.41, 5.74) is 5.02. The van der Waals surface area contributed by atoms with Gasteiger partial charge in [-0.25, -0.2) is 0 Å². The summed E-state index contributed by atoms with van der Waals surface area (Å²) in [4.78, 5) is 29.4. The number of amides is 1. The van der Waals surface area contributed by atoms with E-state index in [1.807, 2.05) is 71.4 Å². The minimum atomic E-state index is -0.214. The highest BCUT2D eigenvalue weighted by atomic mass is 79.9. The van der Waals surface area contributed by atoms with E-state index in [4.69, 9.17) is 4.74 Å². The molecule has 1 aliphatic rings. The molecule has 5 aromatic rings. The highest BCUT2D eigenvalue weighted by Crippen LogP contribution is 2.31. The highest BCUT2D eigenvalue weighted by Gasteiger charge is 2.38. The first kappa shape index (κ1) is 20.9. The topological polar surface area (TPSA) is 75.1 Å². The number of halogens is 1. The highest BCUT2D eigenvalue weighted by molar-refractivity contribution is 6.21. The summed E-state index contributed by atoms with van der Waals surface area (Å²) < 4.78 is 7.14. The first-order valence-corrected chi connectivity index (χ1v) is 10.2. The summed E-state index contributed by atoms with van der Waals surface area (Å²) >= 11 is 0. The zero-order valence-corrected chi connectivity index (χ0v) is 19.1. The molecule has 0 saturated carbocycles. The number of benzene rings is 3. The van der Waals surface area contributed by atoms with Gasteiger partial charge < -0.3 is 32.0 Å². The monoisotopic (exact) mass is 499 g/mol. The third-order valence-electron chi connectivity index (χ3n) is 5.92. The van der Waals surface area contributed by atoms with Crippen LogP contribution in [0.2, 0.25) is 0 Å². The molecule has 162 valence electrons. The Labute approximate surface area is 199 Å². The molecule has 0 bridgehead atoms. The van der Waals surface area contributed by atoms with E-state index >= 15 is 0 Å². The largest absolute Gasteiger partial charge is 1.00 e. The number of ether oxygens (including phenoxy) is 1. The van der Waals surface area contributed by atoms with Gasteiger partial charge in [-0.15, -0.1) is 0 Å². The van der Waals surface area contributed by atoms with Crippen molar-refractivity contribution in [1.29, 1.82) is 0 Å². The fourth-order valence-corrected chi connectivity index (χ4v) is 4.39. The molecular weight excluding hydrogens is 482 g/mol. The number of carbonyl (C=O) groups excluding carboxylic acids is 2. The van der Waals surface area contributed by atoms with Gasteiger partial charge in [0.25, 0.3) is 17.4 Å². The Morgan fingerprint density at radius 3 is 2.67 bits per heavy atom. The lowest BCUT2D eigenvalue weighted by atomic mass is 10.1. The number of hydrogen-bond acceptors (Lipinski definition) is 3. The summed E-state index contributed by atoms with van der Waals surface area (Å²) in [5, 5.41) is 4.71. The fraction of sp³-hybridized carbons (Fsp3) is 0.0385. The Balaban J connectivity index is 0.00000228. The zero-order valence-electron chi connectivity index (χ0n) is 17.6. The number of nitrogens with one attached hydrogen (secondary N) is 2. The van der Waals surface area contributed by atoms with Crippen molar-refractivity contribution in [2.75, 3.05) is 12.4 Å². The average Bonchev–Trinajstić information content (AvgIpc) is 3.34. The van der Waals surface area contributed by atoms with E-state index in [1.54, 1.807) is 19.2 Å². The van der Waals surface area contributed by atoms with Crippen LogP contribution >= 0.6 is 0 Å². The second-order valence-corrected chi connectivity index (χ2v) is 7.74. The Bertz CT molecular complexity index is 1590. The van der Waals surface area contributed by atoms with E-state index in [1.165, 1.54) is 0 Å². The first-order valence-electron chi connectivity index (χ1n) is 10.2. The number of pyridine rings is 1. The summed E-state index contributed by atoms with van der Waals surface area (Å²) in [5.74, 6) is 0.453. The van der Waals surface area contributed by atoms with Crippen LogP contribution in [0.1, 0.15) is 26.4 Å². The van der Waals surface area contributed by atoms with E-state index in [-0.39, 0.29) is 28.7 Å². The second-order valence-electron chi connectivity index (χ2n) is 7.74. The van der Waals surface area contributed by atoms with Gasteiger partial charge in [0.05, 0.1) is 7.11 Å². The van der Waals surface area contributed by atoms with Crippen LogP contribution in [0.25, 0.3) is 27.5 Å². The van der Waals surface area contributed by atoms with Gasteiger partial charge in [0.15, 0.2) is 6.20 Å². The number of rotatable bonds is 3. The molecule has 6 rings (SSSR count). The Kier molecular flexibility index (Phi) is 4.98. The molecule has 3 heterocycles. The maximum absolute atomic E-state index is 13.1. The molecule has 1 aliphatic heterocycles. The van der Waals surface area contributed by atoms with Crippen LogP contribution in [0.4, 0.5) is 5.69 Å². The molecule has 1 amide bonds. The smallest absolute Gasteiger partial charge is 0.284 e. The van der Waals surface area contributed by atoms with Crippen molar-refractivity contribution >= 4 is 39.2 Å². The van der Waals surface area contributed by atoms with Gasteiger partial charge in [-0.1, -0.05) is 18.2 Å². The van der Waals surface area contributed by atoms with E-state index < -0.39 is 0 Å². The molecule has 3 aromatic carbocycles. The van der Waals surface area contributed by atoms with Crippen LogP contribution in [-0.2, 0) is 0 Å². The molecule has 6 nitrogen and oxygen atoms in total. The lowest BCUT2D eigenvalue weighted by molar-refractivity contribution is -0.592. The van der Waals surface area contributed by atoms with Crippen molar-refractivity contribution in [3.05, 3.63) is 95.8 Å². The number of ketones is 1. The van der Waals surface area contributed by atoms with Crippen LogP contribution < -0.4 is 31.6 Å². The molecule has 2 aromatic heterocycles. The number of aromatic amines is 1. The maximum atomic E-state index is 13.1. The Morgan fingerprint density at radius 2 is 1.82 bits per heavy atom. The molecule has 33 heavy (non-hydrogen) atoms. The summed E-state index contributed by atoms with van der Waals surface area (Å²) in [6.45, 7) is 0. The number of carbonyl (C=O) groups is 2. The van der Waals surface area contributed by atoms with Crippen LogP contribution in [0.5, 0.6) is 5.75 Å². The van der Waals surface area contributed by atoms with Crippen LogP contribution in [-0.4, -0.2) is 23.8 Å². The summed E-state index contributed by atoms with van der Waals surface area (Å²) in [6, 6.07) is 22.3. The van der Waals surface area contributed by atoms with Crippen LogP contribution in [0.15, 0.2) is 79.0 Å². The number of aromatic nitrogens is 2. The van der Waals surface area contributed by atoms with Crippen molar-refractivity contribution in [1.82, 2.24) is 4.98 Å². The lowest BCUT2D eigenvalue weighted by Gasteiger charge is -2.07. The minimum Gasteiger partial charge on any atom is -1.00 e. The summed E-state index contributed by atoms with van der Waals surface area (Å²) in [6.07, 6.45) is 1.91. The van der Waals surface area contributed by atoms with E-state index in [0.717, 1.165) is 27.5 Å². The molecule has 0 fully saturated rings. The predicted molar refractivity (Wildman–Crippen MR) is 122 cm³/mol. The maximum Gasteiger partial charge on any atom is 0.284 e. The molecule has 0 saturated heterocycles. The second kappa shape index (κ2) is 7.86. The predicted octanol–water partition coefficient (Wildman–Crippen LogP) is 1.41. The van der Waals surface area contributed by atoms with E-state index in [0.29, 0.717) is 28.3 Å². The van der Waals surface area contributed by atoms with Gasteiger partial charge in [0.1, 0.15) is 16.8 Å². The minimum absolute atomic E-state index is 0. The van der Waals surface area contributed by atoms with Gasteiger partial charge in [0, 0.05) is 45.7 Å². The third kappa shape index (κ3) is 3.20.